The van der Waals surface area contributed by atoms with Crippen molar-refractivity contribution in [2.45, 2.75) is 403 Å². The van der Waals surface area contributed by atoms with Crippen molar-refractivity contribution in [2.75, 3.05) is 13.2 Å². The summed E-state index contributed by atoms with van der Waals surface area (Å²) in [5.41, 5.74) is 0. The van der Waals surface area contributed by atoms with Gasteiger partial charge >= 0.3 is 0 Å². The van der Waals surface area contributed by atoms with Crippen LogP contribution in [0.4, 0.5) is 0 Å². The third kappa shape index (κ3) is 48.0. The molecule has 1 aliphatic rings. The maximum atomic E-state index is 13.3. The molecule has 490 valence electrons. The Bertz CT molecular complexity index is 1440. The lowest BCUT2D eigenvalue weighted by Gasteiger charge is -2.40. The van der Waals surface area contributed by atoms with Gasteiger partial charge in [0.2, 0.25) is 5.91 Å². The fraction of sp³-hybridized carbons (Fsp3) is 0.903. The lowest BCUT2D eigenvalue weighted by atomic mass is 9.98. The highest BCUT2D eigenvalue weighted by molar-refractivity contribution is 5.80. The van der Waals surface area contributed by atoms with Crippen molar-refractivity contribution in [1.82, 2.24) is 5.32 Å². The molecule has 1 fully saturated rings. The lowest BCUT2D eigenvalue weighted by molar-refractivity contribution is -0.303. The van der Waals surface area contributed by atoms with Gasteiger partial charge in [0.05, 0.1) is 25.4 Å². The van der Waals surface area contributed by atoms with Crippen molar-refractivity contribution in [2.24, 2.45) is 0 Å². The molecule has 11 nitrogen and oxygen atoms in total. The molecule has 1 amide bonds. The molecule has 0 bridgehead atoms. The average molecular weight is 1180 g/mol. The molecule has 0 radical (unpaired) electrons. The smallest absolute Gasteiger partial charge is 0.249 e. The summed E-state index contributed by atoms with van der Waals surface area (Å²) in [6, 6.07) is -1.19. The molecule has 0 aromatic carbocycles. The minimum atomic E-state index is -1.67. The Morgan fingerprint density at radius 3 is 1.07 bits per heavy atom. The first-order valence-corrected chi connectivity index (χ1v) is 35.9. The molecule has 9 atom stereocenters. The van der Waals surface area contributed by atoms with Crippen LogP contribution in [-0.2, 0) is 14.3 Å². The van der Waals surface area contributed by atoms with Crippen LogP contribution in [0.2, 0.25) is 0 Å². The topological polar surface area (TPSA) is 189 Å². The second-order valence-electron chi connectivity index (χ2n) is 25.3. The summed E-state index contributed by atoms with van der Waals surface area (Å²) in [5.74, 6) is -0.706. The van der Waals surface area contributed by atoms with Crippen molar-refractivity contribution in [1.29, 1.82) is 0 Å². The minimum Gasteiger partial charge on any atom is -0.394 e. The number of unbranched alkanes of at least 4 members (excludes halogenated alkanes) is 45. The molecule has 1 aliphatic heterocycles. The van der Waals surface area contributed by atoms with Crippen LogP contribution >= 0.6 is 0 Å². The monoisotopic (exact) mass is 1180 g/mol. The Morgan fingerprint density at radius 1 is 0.410 bits per heavy atom. The third-order valence-electron chi connectivity index (χ3n) is 17.4. The molecule has 0 aromatic heterocycles. The first-order valence-electron chi connectivity index (χ1n) is 35.9. The largest absolute Gasteiger partial charge is 0.394 e. The predicted molar refractivity (Wildman–Crippen MR) is 349 cm³/mol. The number of hydrogen-bond acceptors (Lipinski definition) is 10. The van der Waals surface area contributed by atoms with Crippen molar-refractivity contribution in [3.63, 3.8) is 0 Å². The number of aliphatic hydroxyl groups excluding tert-OH is 7. The summed E-state index contributed by atoms with van der Waals surface area (Å²) >= 11 is 0. The van der Waals surface area contributed by atoms with Gasteiger partial charge in [-0.3, -0.25) is 4.79 Å². The fourth-order valence-corrected chi connectivity index (χ4v) is 11.7. The molecule has 11 heteroatoms. The first-order chi connectivity index (χ1) is 40.7. The number of allylic oxidation sites excluding steroid dienone is 6. The van der Waals surface area contributed by atoms with E-state index < -0.39 is 74.2 Å². The average Bonchev–Trinajstić information content (AvgIpc) is 3.68. The summed E-state index contributed by atoms with van der Waals surface area (Å²) in [4.78, 5) is 13.3. The van der Waals surface area contributed by atoms with Crippen LogP contribution in [0.5, 0.6) is 0 Å². The van der Waals surface area contributed by atoms with Crippen LogP contribution in [-0.4, -0.2) is 110 Å². The molecular weight excluding hydrogens is 1040 g/mol. The molecule has 0 spiro atoms. The zero-order valence-electron chi connectivity index (χ0n) is 54.2. The van der Waals surface area contributed by atoms with Crippen molar-refractivity contribution < 1.29 is 50.0 Å². The summed E-state index contributed by atoms with van der Waals surface area (Å²) in [5, 5.41) is 76.5. The van der Waals surface area contributed by atoms with Crippen molar-refractivity contribution in [3.05, 3.63) is 36.5 Å². The van der Waals surface area contributed by atoms with E-state index in [0.29, 0.717) is 19.3 Å². The van der Waals surface area contributed by atoms with E-state index in [1.54, 1.807) is 0 Å². The van der Waals surface area contributed by atoms with Crippen LogP contribution in [0.25, 0.3) is 0 Å². The highest BCUT2D eigenvalue weighted by Crippen LogP contribution is 2.24. The van der Waals surface area contributed by atoms with Crippen LogP contribution < -0.4 is 5.32 Å². The molecule has 0 aromatic rings. The zero-order valence-corrected chi connectivity index (χ0v) is 54.2. The maximum Gasteiger partial charge on any atom is 0.249 e. The number of carbonyl (C=O) groups excluding carboxylic acids is 1. The van der Waals surface area contributed by atoms with Gasteiger partial charge in [-0.05, 0) is 64.2 Å². The van der Waals surface area contributed by atoms with Crippen molar-refractivity contribution in [3.8, 4) is 0 Å². The molecular formula is C72H137NO10. The zero-order chi connectivity index (χ0) is 60.3. The number of hydrogen-bond donors (Lipinski definition) is 8. The van der Waals surface area contributed by atoms with Gasteiger partial charge in [-0.25, -0.2) is 0 Å². The van der Waals surface area contributed by atoms with E-state index in [1.807, 2.05) is 0 Å². The van der Waals surface area contributed by atoms with Gasteiger partial charge in [0.15, 0.2) is 6.29 Å². The van der Waals surface area contributed by atoms with Gasteiger partial charge in [0, 0.05) is 0 Å². The Labute approximate surface area is 511 Å². The number of aliphatic hydroxyl groups is 7. The minimum absolute atomic E-state index is 0.243. The number of rotatable bonds is 63. The summed E-state index contributed by atoms with van der Waals surface area (Å²) in [6.07, 6.45) is 66.7. The summed E-state index contributed by atoms with van der Waals surface area (Å²) in [6.45, 7) is 3.49. The van der Waals surface area contributed by atoms with Crippen LogP contribution in [0.1, 0.15) is 348 Å². The molecule has 8 N–H and O–H groups in total. The van der Waals surface area contributed by atoms with E-state index in [1.165, 1.54) is 257 Å². The number of ether oxygens (including phenoxy) is 2. The van der Waals surface area contributed by atoms with E-state index >= 15 is 0 Å². The van der Waals surface area contributed by atoms with Gasteiger partial charge < -0.3 is 50.5 Å². The normalized spacial score (nSPS) is 19.2. The van der Waals surface area contributed by atoms with Gasteiger partial charge in [-0.2, -0.15) is 0 Å². The molecule has 83 heavy (non-hydrogen) atoms. The highest BCUT2D eigenvalue weighted by atomic mass is 16.7. The quantitative estimate of drug-likeness (QED) is 0.0215. The van der Waals surface area contributed by atoms with E-state index in [2.05, 4.69) is 55.6 Å². The SMILES string of the molecule is CCCCCCCCCCCCCCCCC/C=C/CC/C=C/CC/C=C/CCCC(O)C(O)C(COC1OC(CO)C(O)C(O)C1O)NC(=O)C(O)CCCCCCCCCCCCCCCCCCCCCCCCCCCCCC. The van der Waals surface area contributed by atoms with E-state index in [9.17, 15) is 40.5 Å². The van der Waals surface area contributed by atoms with Crippen LogP contribution in [0, 0.1) is 0 Å². The molecule has 0 saturated carbocycles. The fourth-order valence-electron chi connectivity index (χ4n) is 11.7. The summed E-state index contributed by atoms with van der Waals surface area (Å²) < 4.78 is 11.2. The van der Waals surface area contributed by atoms with E-state index in [0.717, 1.165) is 44.9 Å². The number of nitrogens with one attached hydrogen (secondary N) is 1. The Balaban J connectivity index is 2.23. The molecule has 9 unspecified atom stereocenters. The Kier molecular flexibility index (Phi) is 57.9. The summed E-state index contributed by atoms with van der Waals surface area (Å²) in [7, 11) is 0. The predicted octanol–water partition coefficient (Wildman–Crippen LogP) is 17.4. The van der Waals surface area contributed by atoms with E-state index in [4.69, 9.17) is 9.47 Å². The van der Waals surface area contributed by atoms with Crippen LogP contribution in [0.15, 0.2) is 36.5 Å². The van der Waals surface area contributed by atoms with Gasteiger partial charge in [0.25, 0.3) is 0 Å². The first kappa shape index (κ1) is 79.3. The third-order valence-corrected chi connectivity index (χ3v) is 17.4. The lowest BCUT2D eigenvalue weighted by Crippen LogP contribution is -2.60. The van der Waals surface area contributed by atoms with Gasteiger partial charge in [-0.1, -0.05) is 320 Å². The Hall–Kier alpha value is -1.67. The van der Waals surface area contributed by atoms with Crippen LogP contribution in [0.3, 0.4) is 0 Å². The maximum absolute atomic E-state index is 13.3. The second kappa shape index (κ2) is 60.6. The molecule has 0 aliphatic carbocycles. The number of carbonyl (C=O) groups is 1. The standard InChI is InChI=1S/C72H137NO10/c1-3-5-7-9-11-13-15-17-19-21-23-25-27-29-31-33-35-37-39-41-43-45-47-49-51-53-55-57-59-64(75)67(77)63(62-82-72-70(80)69(79)68(78)66(61-74)83-72)73-71(81)65(76)60-58-56-54-52-50-48-46-44-42-40-38-36-34-32-30-28-26-24-22-20-18-16-14-12-10-8-6-4-2/h35,37,43,45,51,53,63-70,72,74-80H,3-34,36,38-42,44,46-50,52,54-62H2,1-2H3,(H,73,81)/b37-35+,45-43+,53-51+. The molecule has 1 rings (SSSR count). The van der Waals surface area contributed by atoms with Crippen molar-refractivity contribution >= 4 is 5.91 Å². The Morgan fingerprint density at radius 2 is 0.723 bits per heavy atom. The van der Waals surface area contributed by atoms with Gasteiger partial charge in [0.1, 0.15) is 36.6 Å². The number of amides is 1. The van der Waals surface area contributed by atoms with E-state index in [-0.39, 0.29) is 12.8 Å². The van der Waals surface area contributed by atoms with Gasteiger partial charge in [-0.15, -0.1) is 0 Å². The molecule has 1 heterocycles. The molecule has 1 saturated heterocycles. The highest BCUT2D eigenvalue weighted by Gasteiger charge is 2.44. The second-order valence-corrected chi connectivity index (χ2v) is 25.3.